The van der Waals surface area contributed by atoms with Crippen LogP contribution in [0.2, 0.25) is 5.02 Å². The fourth-order valence-electron chi connectivity index (χ4n) is 2.26. The van der Waals surface area contributed by atoms with Crippen LogP contribution in [-0.2, 0) is 9.84 Å². The smallest absolute Gasteiger partial charge is 0.337 e. The van der Waals surface area contributed by atoms with Crippen molar-refractivity contribution in [3.05, 3.63) is 22.7 Å². The van der Waals surface area contributed by atoms with Crippen LogP contribution >= 0.6 is 11.6 Å². The number of nitrogens with one attached hydrogen (secondary N) is 1. The van der Waals surface area contributed by atoms with Crippen molar-refractivity contribution in [2.45, 2.75) is 6.42 Å². The first kappa shape index (κ1) is 14.9. The zero-order chi connectivity index (χ0) is 14.9. The first-order valence-corrected chi connectivity index (χ1v) is 8.25. The van der Waals surface area contributed by atoms with Gasteiger partial charge in [-0.2, -0.15) is 0 Å². The maximum Gasteiger partial charge on any atom is 0.337 e. The third-order valence-electron chi connectivity index (χ3n) is 3.24. The molecule has 1 aliphatic heterocycles. The molecule has 20 heavy (non-hydrogen) atoms. The van der Waals surface area contributed by atoms with Crippen molar-refractivity contribution >= 4 is 38.8 Å². The Morgan fingerprint density at radius 2 is 2.20 bits per heavy atom. The maximum atomic E-state index is 11.4. The fourth-order valence-corrected chi connectivity index (χ4v) is 4.41. The van der Waals surface area contributed by atoms with Crippen molar-refractivity contribution < 1.29 is 18.3 Å². The van der Waals surface area contributed by atoms with Crippen LogP contribution in [0.15, 0.2) is 12.1 Å². The first-order valence-electron chi connectivity index (χ1n) is 6.05. The molecule has 1 aromatic rings. The normalized spacial score (nSPS) is 20.8. The van der Waals surface area contributed by atoms with E-state index in [0.717, 1.165) is 0 Å². The van der Waals surface area contributed by atoms with Crippen LogP contribution in [0.25, 0.3) is 0 Å². The van der Waals surface area contributed by atoms with Gasteiger partial charge in [0.15, 0.2) is 9.84 Å². The van der Waals surface area contributed by atoms with Crippen molar-refractivity contribution in [1.82, 2.24) is 0 Å². The second kappa shape index (κ2) is 5.49. The minimum atomic E-state index is -2.95. The summed E-state index contributed by atoms with van der Waals surface area (Å²) in [5.74, 6) is -0.869. The molecule has 1 heterocycles. The van der Waals surface area contributed by atoms with Crippen LogP contribution in [0.3, 0.4) is 0 Å². The minimum absolute atomic E-state index is 0.0177. The van der Waals surface area contributed by atoms with Crippen LogP contribution in [-0.4, -0.2) is 37.5 Å². The number of hydrogen-bond donors (Lipinski definition) is 3. The summed E-state index contributed by atoms with van der Waals surface area (Å²) >= 11 is 6.00. The summed E-state index contributed by atoms with van der Waals surface area (Å²) in [5.41, 5.74) is 6.09. The zero-order valence-corrected chi connectivity index (χ0v) is 12.2. The van der Waals surface area contributed by atoms with Crippen LogP contribution in [0.1, 0.15) is 16.8 Å². The third kappa shape index (κ3) is 3.34. The van der Waals surface area contributed by atoms with E-state index in [1.54, 1.807) is 0 Å². The molecule has 1 fully saturated rings. The van der Waals surface area contributed by atoms with E-state index in [1.807, 2.05) is 0 Å². The van der Waals surface area contributed by atoms with E-state index in [9.17, 15) is 13.2 Å². The van der Waals surface area contributed by atoms with E-state index < -0.39 is 15.8 Å². The molecule has 0 amide bonds. The van der Waals surface area contributed by atoms with Crippen molar-refractivity contribution in [3.8, 4) is 0 Å². The number of benzene rings is 1. The summed E-state index contributed by atoms with van der Waals surface area (Å²) in [4.78, 5) is 11.2. The average Bonchev–Trinajstić information content (AvgIpc) is 2.66. The van der Waals surface area contributed by atoms with Gasteiger partial charge in [0.05, 0.1) is 27.8 Å². The van der Waals surface area contributed by atoms with Gasteiger partial charge in [-0.15, -0.1) is 0 Å². The molecule has 0 saturated carbocycles. The SMILES string of the molecule is Nc1cc(Cl)c(NCC2CCS(=O)(=O)C2)c(C(=O)O)c1. The number of anilines is 2. The fraction of sp³-hybridized carbons (Fsp3) is 0.417. The molecular weight excluding hydrogens is 304 g/mol. The predicted molar refractivity (Wildman–Crippen MR) is 78.1 cm³/mol. The molecule has 0 spiro atoms. The number of carboxylic acid groups (broad SMARTS) is 1. The second-order valence-corrected chi connectivity index (χ2v) is 7.52. The van der Waals surface area contributed by atoms with Gasteiger partial charge in [0, 0.05) is 12.2 Å². The maximum absolute atomic E-state index is 11.4. The molecule has 110 valence electrons. The van der Waals surface area contributed by atoms with Gasteiger partial charge < -0.3 is 16.2 Å². The summed E-state index contributed by atoms with van der Waals surface area (Å²) < 4.78 is 22.7. The van der Waals surface area contributed by atoms with E-state index in [2.05, 4.69) is 5.32 Å². The standard InChI is InChI=1S/C12H15ClN2O4S/c13-10-4-8(14)3-9(12(16)17)11(10)15-5-7-1-2-20(18,19)6-7/h3-4,7,15H,1-2,5-6,14H2,(H,16,17). The molecule has 6 nitrogen and oxygen atoms in total. The third-order valence-corrected chi connectivity index (χ3v) is 5.37. The molecule has 4 N–H and O–H groups in total. The molecule has 0 aliphatic carbocycles. The van der Waals surface area contributed by atoms with E-state index in [1.165, 1.54) is 12.1 Å². The van der Waals surface area contributed by atoms with E-state index in [-0.39, 0.29) is 39.4 Å². The number of carbonyl (C=O) groups is 1. The molecule has 8 heteroatoms. The van der Waals surface area contributed by atoms with Crippen LogP contribution < -0.4 is 11.1 Å². The van der Waals surface area contributed by atoms with Crippen LogP contribution in [0.5, 0.6) is 0 Å². The van der Waals surface area contributed by atoms with E-state index in [4.69, 9.17) is 22.4 Å². The summed E-state index contributed by atoms with van der Waals surface area (Å²) in [6.45, 7) is 0.364. The number of rotatable bonds is 4. The Kier molecular flexibility index (Phi) is 4.10. The van der Waals surface area contributed by atoms with E-state index >= 15 is 0 Å². The molecule has 2 rings (SSSR count). The molecular formula is C12H15ClN2O4S. The minimum Gasteiger partial charge on any atom is -0.478 e. The Labute approximate surface area is 121 Å². The van der Waals surface area contributed by atoms with Gasteiger partial charge in [-0.3, -0.25) is 0 Å². The Bertz CT molecular complexity index is 645. The number of halogens is 1. The number of nitrogen functional groups attached to an aromatic ring is 1. The van der Waals surface area contributed by atoms with Gasteiger partial charge >= 0.3 is 5.97 Å². The lowest BCUT2D eigenvalue weighted by molar-refractivity contribution is 0.0698. The largest absolute Gasteiger partial charge is 0.478 e. The van der Waals surface area contributed by atoms with E-state index in [0.29, 0.717) is 13.0 Å². The van der Waals surface area contributed by atoms with Gasteiger partial charge in [-0.25, -0.2) is 13.2 Å². The monoisotopic (exact) mass is 318 g/mol. The number of aromatic carboxylic acids is 1. The molecule has 1 aromatic carbocycles. The summed E-state index contributed by atoms with van der Waals surface area (Å²) in [5, 5.41) is 12.3. The lowest BCUT2D eigenvalue weighted by Crippen LogP contribution is -2.17. The lowest BCUT2D eigenvalue weighted by atomic mass is 10.1. The summed E-state index contributed by atoms with van der Waals surface area (Å²) in [7, 11) is -2.95. The number of sulfone groups is 1. The van der Waals surface area contributed by atoms with Gasteiger partial charge in [-0.1, -0.05) is 11.6 Å². The number of nitrogens with two attached hydrogens (primary N) is 1. The number of hydrogen-bond acceptors (Lipinski definition) is 5. The topological polar surface area (TPSA) is 109 Å². The first-order chi connectivity index (χ1) is 9.28. The summed E-state index contributed by atoms with van der Waals surface area (Å²) in [6.07, 6.45) is 0.574. The molecule has 0 bridgehead atoms. The van der Waals surface area contributed by atoms with Gasteiger partial charge in [-0.05, 0) is 24.5 Å². The highest BCUT2D eigenvalue weighted by atomic mass is 35.5. The molecule has 1 aliphatic rings. The molecule has 0 aromatic heterocycles. The molecule has 0 radical (unpaired) electrons. The van der Waals surface area contributed by atoms with Gasteiger partial charge in [0.1, 0.15) is 0 Å². The zero-order valence-electron chi connectivity index (χ0n) is 10.6. The Hall–Kier alpha value is -1.47. The average molecular weight is 319 g/mol. The highest BCUT2D eigenvalue weighted by Crippen LogP contribution is 2.30. The molecule has 1 unspecified atom stereocenters. The lowest BCUT2D eigenvalue weighted by Gasteiger charge is -2.15. The predicted octanol–water partition coefficient (Wildman–Crippen LogP) is 1.47. The van der Waals surface area contributed by atoms with Crippen molar-refractivity contribution in [3.63, 3.8) is 0 Å². The quantitative estimate of drug-likeness (QED) is 0.725. The Morgan fingerprint density at radius 1 is 1.50 bits per heavy atom. The Balaban J connectivity index is 2.15. The van der Waals surface area contributed by atoms with Crippen molar-refractivity contribution in [2.75, 3.05) is 29.1 Å². The highest BCUT2D eigenvalue weighted by molar-refractivity contribution is 7.91. The van der Waals surface area contributed by atoms with Crippen LogP contribution in [0, 0.1) is 5.92 Å². The van der Waals surface area contributed by atoms with Gasteiger partial charge in [0.2, 0.25) is 0 Å². The van der Waals surface area contributed by atoms with Crippen molar-refractivity contribution in [2.24, 2.45) is 5.92 Å². The van der Waals surface area contributed by atoms with Crippen LogP contribution in [0.4, 0.5) is 11.4 Å². The Morgan fingerprint density at radius 3 is 2.75 bits per heavy atom. The molecule has 1 atom stereocenters. The summed E-state index contributed by atoms with van der Waals surface area (Å²) in [6, 6.07) is 2.78. The molecule has 1 saturated heterocycles. The van der Waals surface area contributed by atoms with Crippen molar-refractivity contribution in [1.29, 1.82) is 0 Å². The van der Waals surface area contributed by atoms with Gasteiger partial charge in [0.25, 0.3) is 0 Å². The second-order valence-electron chi connectivity index (χ2n) is 4.88. The highest BCUT2D eigenvalue weighted by Gasteiger charge is 2.28. The number of carboxylic acids is 1.